The summed E-state index contributed by atoms with van der Waals surface area (Å²) in [6.07, 6.45) is 5.33. The number of aliphatic hydroxyl groups excluding tert-OH is 1. The average Bonchev–Trinajstić information content (AvgIpc) is 2.63. The van der Waals surface area contributed by atoms with Crippen LogP contribution in [0.5, 0.6) is 0 Å². The maximum absolute atomic E-state index is 9.61. The first-order valence-corrected chi connectivity index (χ1v) is 10.3. The molecule has 3 heterocycles. The minimum absolute atomic E-state index is 0.255. The van der Waals surface area contributed by atoms with Gasteiger partial charge in [0.25, 0.3) is 0 Å². The predicted octanol–water partition coefficient (Wildman–Crippen LogP) is 1.70. The predicted molar refractivity (Wildman–Crippen MR) is 106 cm³/mol. The van der Waals surface area contributed by atoms with E-state index < -0.39 is 0 Å². The van der Waals surface area contributed by atoms with Crippen molar-refractivity contribution in [3.63, 3.8) is 0 Å². The SMILES string of the molecule is CCCc1nc(C)cc(N2CCN(C3CCN(C)CC3)C(CCO)C2)n1. The molecule has 2 aliphatic heterocycles. The molecule has 0 spiro atoms. The van der Waals surface area contributed by atoms with E-state index in [1.165, 1.54) is 25.9 Å². The highest BCUT2D eigenvalue weighted by atomic mass is 16.3. The fourth-order valence-electron chi connectivity index (χ4n) is 4.40. The second-order valence-corrected chi connectivity index (χ2v) is 7.92. The van der Waals surface area contributed by atoms with Crippen LogP contribution in [-0.4, -0.2) is 83.3 Å². The van der Waals surface area contributed by atoms with Crippen LogP contribution in [0.3, 0.4) is 0 Å². The molecule has 0 amide bonds. The Labute approximate surface area is 158 Å². The number of nitrogens with zero attached hydrogens (tertiary/aromatic N) is 5. The summed E-state index contributed by atoms with van der Waals surface area (Å²) in [5, 5.41) is 9.61. The van der Waals surface area contributed by atoms with Crippen LogP contribution in [-0.2, 0) is 6.42 Å². The molecule has 0 radical (unpaired) electrons. The van der Waals surface area contributed by atoms with Crippen LogP contribution in [0.2, 0.25) is 0 Å². The minimum Gasteiger partial charge on any atom is -0.396 e. The van der Waals surface area contributed by atoms with Gasteiger partial charge in [-0.2, -0.15) is 0 Å². The number of anilines is 1. The van der Waals surface area contributed by atoms with Gasteiger partial charge in [-0.05, 0) is 52.7 Å². The zero-order chi connectivity index (χ0) is 18.5. The molecule has 1 aromatic heterocycles. The highest BCUT2D eigenvalue weighted by Gasteiger charge is 2.33. The van der Waals surface area contributed by atoms with Crippen molar-refractivity contribution < 1.29 is 5.11 Å². The first-order chi connectivity index (χ1) is 12.6. The van der Waals surface area contributed by atoms with Crippen molar-refractivity contribution in [2.45, 2.75) is 58.0 Å². The fourth-order valence-corrected chi connectivity index (χ4v) is 4.40. The van der Waals surface area contributed by atoms with Gasteiger partial charge in [0.2, 0.25) is 0 Å². The fraction of sp³-hybridized carbons (Fsp3) is 0.800. The van der Waals surface area contributed by atoms with Crippen LogP contribution < -0.4 is 4.90 Å². The summed E-state index contributed by atoms with van der Waals surface area (Å²) in [5.74, 6) is 2.02. The summed E-state index contributed by atoms with van der Waals surface area (Å²) < 4.78 is 0. The smallest absolute Gasteiger partial charge is 0.132 e. The van der Waals surface area contributed by atoms with Gasteiger partial charge in [-0.15, -0.1) is 0 Å². The number of likely N-dealkylation sites (tertiary alicyclic amines) is 1. The number of aryl methyl sites for hydroxylation is 2. The Morgan fingerprint density at radius 3 is 2.62 bits per heavy atom. The molecule has 2 saturated heterocycles. The third-order valence-electron chi connectivity index (χ3n) is 5.83. The van der Waals surface area contributed by atoms with E-state index in [2.05, 4.69) is 46.6 Å². The van der Waals surface area contributed by atoms with E-state index in [0.29, 0.717) is 12.1 Å². The Kier molecular flexibility index (Phi) is 6.84. The van der Waals surface area contributed by atoms with Gasteiger partial charge >= 0.3 is 0 Å². The van der Waals surface area contributed by atoms with Crippen LogP contribution in [0, 0.1) is 6.92 Å². The Hall–Kier alpha value is -1.24. The summed E-state index contributed by atoms with van der Waals surface area (Å²) in [4.78, 5) is 16.9. The minimum atomic E-state index is 0.255. The van der Waals surface area contributed by atoms with E-state index in [4.69, 9.17) is 4.98 Å². The Morgan fingerprint density at radius 2 is 1.92 bits per heavy atom. The molecular weight excluding hydrogens is 326 g/mol. The van der Waals surface area contributed by atoms with E-state index in [0.717, 1.165) is 56.2 Å². The molecule has 0 aromatic carbocycles. The lowest BCUT2D eigenvalue weighted by Crippen LogP contribution is -2.58. The van der Waals surface area contributed by atoms with Crippen LogP contribution in [0.4, 0.5) is 5.82 Å². The second kappa shape index (κ2) is 9.11. The van der Waals surface area contributed by atoms with E-state index in [9.17, 15) is 5.11 Å². The molecule has 146 valence electrons. The van der Waals surface area contributed by atoms with Crippen LogP contribution >= 0.6 is 0 Å². The molecule has 0 bridgehead atoms. The van der Waals surface area contributed by atoms with Crippen molar-refractivity contribution >= 4 is 5.82 Å². The third kappa shape index (κ3) is 4.72. The monoisotopic (exact) mass is 361 g/mol. The van der Waals surface area contributed by atoms with E-state index >= 15 is 0 Å². The molecule has 1 aromatic rings. The van der Waals surface area contributed by atoms with Crippen LogP contribution in [0.15, 0.2) is 6.07 Å². The molecule has 0 saturated carbocycles. The molecule has 6 nitrogen and oxygen atoms in total. The van der Waals surface area contributed by atoms with E-state index in [1.54, 1.807) is 0 Å². The molecule has 1 atom stereocenters. The van der Waals surface area contributed by atoms with Crippen LogP contribution in [0.25, 0.3) is 0 Å². The Bertz CT molecular complexity index is 573. The maximum Gasteiger partial charge on any atom is 0.132 e. The van der Waals surface area contributed by atoms with E-state index in [1.807, 2.05) is 0 Å². The van der Waals surface area contributed by atoms with Gasteiger partial charge in [0.15, 0.2) is 0 Å². The first-order valence-electron chi connectivity index (χ1n) is 10.3. The summed E-state index contributed by atoms with van der Waals surface area (Å²) in [6, 6.07) is 3.18. The van der Waals surface area contributed by atoms with Gasteiger partial charge in [-0.3, -0.25) is 4.90 Å². The molecule has 2 fully saturated rings. The first kappa shape index (κ1) is 19.5. The van der Waals surface area contributed by atoms with Gasteiger partial charge < -0.3 is 14.9 Å². The lowest BCUT2D eigenvalue weighted by atomic mass is 9.98. The number of piperazine rings is 1. The van der Waals surface area contributed by atoms with Gasteiger partial charge in [-0.1, -0.05) is 6.92 Å². The Balaban J connectivity index is 1.71. The molecular formula is C20H35N5O. The molecule has 1 unspecified atom stereocenters. The molecule has 26 heavy (non-hydrogen) atoms. The molecule has 6 heteroatoms. The Morgan fingerprint density at radius 1 is 1.15 bits per heavy atom. The zero-order valence-electron chi connectivity index (χ0n) is 16.7. The number of piperidine rings is 1. The highest BCUT2D eigenvalue weighted by Crippen LogP contribution is 2.25. The van der Waals surface area contributed by atoms with Crippen molar-refractivity contribution in [1.82, 2.24) is 19.8 Å². The molecule has 0 aliphatic carbocycles. The average molecular weight is 362 g/mol. The maximum atomic E-state index is 9.61. The van der Waals surface area contributed by atoms with Crippen molar-refractivity contribution in [3.8, 4) is 0 Å². The lowest BCUT2D eigenvalue weighted by Gasteiger charge is -2.47. The summed E-state index contributed by atoms with van der Waals surface area (Å²) >= 11 is 0. The largest absolute Gasteiger partial charge is 0.396 e. The quantitative estimate of drug-likeness (QED) is 0.832. The molecule has 2 aliphatic rings. The van der Waals surface area contributed by atoms with Crippen LogP contribution in [0.1, 0.15) is 44.1 Å². The topological polar surface area (TPSA) is 55.7 Å². The molecule has 1 N–H and O–H groups in total. The van der Waals surface area contributed by atoms with Crippen molar-refractivity contribution in [2.24, 2.45) is 0 Å². The van der Waals surface area contributed by atoms with Crippen molar-refractivity contribution in [2.75, 3.05) is 51.3 Å². The van der Waals surface area contributed by atoms with Crippen molar-refractivity contribution in [3.05, 3.63) is 17.6 Å². The third-order valence-corrected chi connectivity index (χ3v) is 5.83. The summed E-state index contributed by atoms with van der Waals surface area (Å²) in [7, 11) is 2.21. The number of aliphatic hydroxyl groups is 1. The van der Waals surface area contributed by atoms with Gasteiger partial charge in [0.05, 0.1) is 0 Å². The highest BCUT2D eigenvalue weighted by molar-refractivity contribution is 5.41. The number of hydrogen-bond donors (Lipinski definition) is 1. The molecule has 3 rings (SSSR count). The van der Waals surface area contributed by atoms with Gasteiger partial charge in [0.1, 0.15) is 11.6 Å². The summed E-state index contributed by atoms with van der Waals surface area (Å²) in [6.45, 7) is 9.87. The number of hydrogen-bond acceptors (Lipinski definition) is 6. The lowest BCUT2D eigenvalue weighted by molar-refractivity contribution is 0.0596. The number of aromatic nitrogens is 2. The van der Waals surface area contributed by atoms with Gasteiger partial charge in [0, 0.05) is 56.5 Å². The zero-order valence-corrected chi connectivity index (χ0v) is 16.7. The second-order valence-electron chi connectivity index (χ2n) is 7.92. The van der Waals surface area contributed by atoms with E-state index in [-0.39, 0.29) is 6.61 Å². The van der Waals surface area contributed by atoms with Crippen molar-refractivity contribution in [1.29, 1.82) is 0 Å². The normalized spacial score (nSPS) is 23.5. The summed E-state index contributed by atoms with van der Waals surface area (Å²) in [5.41, 5.74) is 1.05. The number of rotatable bonds is 6. The van der Waals surface area contributed by atoms with Gasteiger partial charge in [-0.25, -0.2) is 9.97 Å². The standard InChI is InChI=1S/C20H35N5O/c1-4-5-19-21-16(2)14-20(22-19)24-11-12-25(18(15-24)8-13-26)17-6-9-23(3)10-7-17/h14,17-18,26H,4-13,15H2,1-3H3.